The molecule has 0 atom stereocenters. The van der Waals surface area contributed by atoms with Gasteiger partial charge in [0, 0.05) is 11.1 Å². The van der Waals surface area contributed by atoms with Gasteiger partial charge in [-0.05, 0) is 18.2 Å². The van der Waals surface area contributed by atoms with E-state index in [1.165, 1.54) is 0 Å². The molecule has 0 aliphatic rings. The number of aromatic nitrogens is 6. The molecule has 0 radical (unpaired) electrons. The third-order valence-corrected chi connectivity index (χ3v) is 2.92. The Morgan fingerprint density at radius 3 is 1.33 bits per heavy atom. The fraction of sp³-hybridized carbons (Fsp3) is 0. The smallest absolute Gasteiger partial charge is 0.225 e. The molecule has 0 unspecified atom stereocenters. The van der Waals surface area contributed by atoms with Gasteiger partial charge in [0.25, 0.3) is 0 Å². The highest BCUT2D eigenvalue weighted by Gasteiger charge is 2.12. The van der Waals surface area contributed by atoms with Crippen LogP contribution in [0.4, 0.5) is 23.8 Å². The summed E-state index contributed by atoms with van der Waals surface area (Å²) in [4.78, 5) is 23.5. The van der Waals surface area contributed by atoms with E-state index in [-0.39, 0.29) is 35.4 Å². The minimum Gasteiger partial charge on any atom is -0.368 e. The zero-order valence-corrected chi connectivity index (χ0v) is 12.2. The molecule has 0 bridgehead atoms. The summed E-state index contributed by atoms with van der Waals surface area (Å²) in [6.07, 6.45) is 0. The van der Waals surface area contributed by atoms with Crippen molar-refractivity contribution in [2.45, 2.75) is 0 Å². The number of nitriles is 1. The zero-order valence-electron chi connectivity index (χ0n) is 12.2. The lowest BCUT2D eigenvalue weighted by Crippen LogP contribution is -2.05. The Bertz CT molecular complexity index is 866. The summed E-state index contributed by atoms with van der Waals surface area (Å²) in [5.74, 6) is 0.303. The van der Waals surface area contributed by atoms with Crippen LogP contribution >= 0.6 is 0 Å². The van der Waals surface area contributed by atoms with Gasteiger partial charge < -0.3 is 22.9 Å². The van der Waals surface area contributed by atoms with Gasteiger partial charge in [0.2, 0.25) is 23.8 Å². The molecule has 0 spiro atoms. The highest BCUT2D eigenvalue weighted by molar-refractivity contribution is 5.70. The molecule has 0 aliphatic heterocycles. The molecule has 2 heterocycles. The van der Waals surface area contributed by atoms with Gasteiger partial charge in [-0.15, -0.1) is 0 Å². The van der Waals surface area contributed by atoms with E-state index in [4.69, 9.17) is 22.9 Å². The van der Waals surface area contributed by atoms with Crippen molar-refractivity contribution >= 4 is 23.8 Å². The molecule has 0 aliphatic carbocycles. The van der Waals surface area contributed by atoms with Gasteiger partial charge in [-0.1, -0.05) is 0 Å². The van der Waals surface area contributed by atoms with Crippen LogP contribution in [0.25, 0.3) is 22.8 Å². The number of anilines is 4. The van der Waals surface area contributed by atoms with Crippen LogP contribution in [0, 0.1) is 11.3 Å². The minimum atomic E-state index is -0.0324. The SMILES string of the molecule is N#Cc1cc(-c2nc(N)nc(N)n2)cc(-c2nc(N)nc(N)n2)c1. The minimum absolute atomic E-state index is 0.0324. The van der Waals surface area contributed by atoms with Gasteiger partial charge in [0.15, 0.2) is 11.6 Å². The van der Waals surface area contributed by atoms with Crippen LogP contribution in [0.15, 0.2) is 18.2 Å². The van der Waals surface area contributed by atoms with Crippen LogP contribution in [0.2, 0.25) is 0 Å². The van der Waals surface area contributed by atoms with Crippen LogP contribution in [0.1, 0.15) is 5.56 Å². The summed E-state index contributed by atoms with van der Waals surface area (Å²) in [6, 6.07) is 6.84. The molecule has 0 amide bonds. The normalized spacial score (nSPS) is 10.3. The standard InChI is InChI=1S/C13H11N11/c14-4-5-1-6(8-19-10(15)23-11(16)20-8)3-7(2-5)9-21-12(17)24-13(18)22-9/h1-3H,(H4,15,16,19,20,23)(H4,17,18,21,22,24). The molecule has 118 valence electrons. The fourth-order valence-electron chi connectivity index (χ4n) is 2.03. The van der Waals surface area contributed by atoms with Gasteiger partial charge in [-0.2, -0.15) is 35.2 Å². The van der Waals surface area contributed by atoms with Crippen LogP contribution in [-0.4, -0.2) is 29.9 Å². The first-order valence-electron chi connectivity index (χ1n) is 6.54. The number of hydrogen-bond acceptors (Lipinski definition) is 11. The lowest BCUT2D eigenvalue weighted by atomic mass is 10.1. The number of hydrogen-bond donors (Lipinski definition) is 4. The van der Waals surface area contributed by atoms with Crippen LogP contribution in [0.5, 0.6) is 0 Å². The molecular weight excluding hydrogens is 310 g/mol. The molecule has 8 N–H and O–H groups in total. The third kappa shape index (κ3) is 2.92. The predicted octanol–water partition coefficient (Wildman–Crippen LogP) is -0.409. The number of nitrogens with zero attached hydrogens (tertiary/aromatic N) is 7. The first kappa shape index (κ1) is 14.9. The summed E-state index contributed by atoms with van der Waals surface area (Å²) >= 11 is 0. The first-order valence-corrected chi connectivity index (χ1v) is 6.54. The summed E-state index contributed by atoms with van der Waals surface area (Å²) in [5, 5.41) is 9.24. The van der Waals surface area contributed by atoms with E-state index in [0.29, 0.717) is 16.7 Å². The van der Waals surface area contributed by atoms with Gasteiger partial charge in [-0.25, -0.2) is 0 Å². The highest BCUT2D eigenvalue weighted by atomic mass is 15.1. The molecule has 0 fully saturated rings. The van der Waals surface area contributed by atoms with Gasteiger partial charge in [0.05, 0.1) is 11.6 Å². The van der Waals surface area contributed by atoms with E-state index in [2.05, 4.69) is 29.9 Å². The second-order valence-corrected chi connectivity index (χ2v) is 4.66. The number of nitrogens with two attached hydrogens (primary N) is 4. The average Bonchev–Trinajstić information content (AvgIpc) is 2.52. The van der Waals surface area contributed by atoms with E-state index in [1.54, 1.807) is 18.2 Å². The van der Waals surface area contributed by atoms with E-state index in [1.807, 2.05) is 6.07 Å². The van der Waals surface area contributed by atoms with E-state index in [0.717, 1.165) is 0 Å². The largest absolute Gasteiger partial charge is 0.368 e. The lowest BCUT2D eigenvalue weighted by molar-refractivity contribution is 1.08. The van der Waals surface area contributed by atoms with Crippen molar-refractivity contribution in [3.8, 4) is 28.8 Å². The molecule has 11 heteroatoms. The van der Waals surface area contributed by atoms with Gasteiger partial charge in [-0.3, -0.25) is 0 Å². The maximum atomic E-state index is 9.24. The Labute approximate surface area is 135 Å². The molecule has 2 aromatic heterocycles. The third-order valence-electron chi connectivity index (χ3n) is 2.92. The van der Waals surface area contributed by atoms with E-state index < -0.39 is 0 Å². The maximum absolute atomic E-state index is 9.24. The zero-order chi connectivity index (χ0) is 17.3. The molecule has 0 saturated heterocycles. The summed E-state index contributed by atoms with van der Waals surface area (Å²) in [5.41, 5.74) is 23.6. The molecule has 1 aromatic carbocycles. The molecule has 24 heavy (non-hydrogen) atoms. The molecule has 3 aromatic rings. The van der Waals surface area contributed by atoms with Crippen LogP contribution in [0.3, 0.4) is 0 Å². The Kier molecular flexibility index (Phi) is 3.47. The predicted molar refractivity (Wildman–Crippen MR) is 86.4 cm³/mol. The van der Waals surface area contributed by atoms with E-state index >= 15 is 0 Å². The van der Waals surface area contributed by atoms with Crippen molar-refractivity contribution in [1.82, 2.24) is 29.9 Å². The number of rotatable bonds is 2. The summed E-state index contributed by atoms with van der Waals surface area (Å²) < 4.78 is 0. The molecular formula is C13H11N11. The quantitative estimate of drug-likeness (QED) is 0.477. The summed E-state index contributed by atoms with van der Waals surface area (Å²) in [7, 11) is 0. The molecule has 0 saturated carbocycles. The Balaban J connectivity index is 2.20. The average molecular weight is 321 g/mol. The lowest BCUT2D eigenvalue weighted by Gasteiger charge is -2.07. The van der Waals surface area contributed by atoms with Gasteiger partial charge >= 0.3 is 0 Å². The van der Waals surface area contributed by atoms with Crippen LogP contribution in [-0.2, 0) is 0 Å². The van der Waals surface area contributed by atoms with Crippen molar-refractivity contribution in [2.24, 2.45) is 0 Å². The maximum Gasteiger partial charge on any atom is 0.225 e. The molecule has 11 nitrogen and oxygen atoms in total. The Morgan fingerprint density at radius 2 is 1.00 bits per heavy atom. The highest BCUT2D eigenvalue weighted by Crippen LogP contribution is 2.25. The first-order chi connectivity index (χ1) is 11.4. The van der Waals surface area contributed by atoms with Crippen molar-refractivity contribution < 1.29 is 0 Å². The number of nitrogen functional groups attached to an aromatic ring is 4. The summed E-state index contributed by atoms with van der Waals surface area (Å²) in [6.45, 7) is 0. The second kappa shape index (κ2) is 5.61. The second-order valence-electron chi connectivity index (χ2n) is 4.66. The Hall–Kier alpha value is -4.07. The topological polar surface area (TPSA) is 205 Å². The Morgan fingerprint density at radius 1 is 0.625 bits per heavy atom. The van der Waals surface area contributed by atoms with Crippen LogP contribution < -0.4 is 22.9 Å². The van der Waals surface area contributed by atoms with Crippen molar-refractivity contribution in [3.63, 3.8) is 0 Å². The monoisotopic (exact) mass is 321 g/mol. The van der Waals surface area contributed by atoms with Crippen molar-refractivity contribution in [3.05, 3.63) is 23.8 Å². The van der Waals surface area contributed by atoms with Crippen molar-refractivity contribution in [2.75, 3.05) is 22.9 Å². The van der Waals surface area contributed by atoms with Crippen molar-refractivity contribution in [1.29, 1.82) is 5.26 Å². The fourth-order valence-corrected chi connectivity index (χ4v) is 2.03. The number of benzene rings is 1. The van der Waals surface area contributed by atoms with E-state index in [9.17, 15) is 5.26 Å². The van der Waals surface area contributed by atoms with Gasteiger partial charge in [0.1, 0.15) is 0 Å². The molecule has 3 rings (SSSR count).